The van der Waals surface area contributed by atoms with Crippen molar-refractivity contribution in [3.63, 3.8) is 0 Å². The van der Waals surface area contributed by atoms with Gasteiger partial charge >= 0.3 is 13.6 Å². The monoisotopic (exact) mass is 542 g/mol. The summed E-state index contributed by atoms with van der Waals surface area (Å²) in [7, 11) is -4.38. The van der Waals surface area contributed by atoms with E-state index >= 15 is 0 Å². The fraction of sp³-hybridized carbons (Fsp3) is 0.269. The Bertz CT molecular complexity index is 1390. The topological polar surface area (TPSA) is 130 Å². The molecule has 0 saturated carbocycles. The van der Waals surface area contributed by atoms with E-state index in [1.165, 1.54) is 0 Å². The Hall–Kier alpha value is -3.23. The van der Waals surface area contributed by atoms with Crippen molar-refractivity contribution in [2.24, 2.45) is 0 Å². The fourth-order valence-electron chi connectivity index (χ4n) is 4.38. The van der Waals surface area contributed by atoms with E-state index < -0.39 is 12.8 Å². The molecule has 0 saturated heterocycles. The molecular formula is C26H28ClN4O5P. The van der Waals surface area contributed by atoms with E-state index in [2.05, 4.69) is 15.3 Å². The minimum absolute atomic E-state index is 0.136. The molecule has 37 heavy (non-hydrogen) atoms. The molecule has 9 nitrogen and oxygen atoms in total. The zero-order chi connectivity index (χ0) is 26.6. The Balaban J connectivity index is 1.49. The summed E-state index contributed by atoms with van der Waals surface area (Å²) in [6, 6.07) is 14.2. The van der Waals surface area contributed by atoms with Gasteiger partial charge in [-0.05, 0) is 42.7 Å². The number of rotatable bonds is 10. The molecule has 4 rings (SSSR count). The molecular weight excluding hydrogens is 515 g/mol. The van der Waals surface area contributed by atoms with Crippen LogP contribution in [0.5, 0.6) is 0 Å². The first-order valence-corrected chi connectivity index (χ1v) is 13.9. The number of nitrogens with zero attached hydrogens (tertiary/aromatic N) is 3. The largest absolute Gasteiger partial charge is 0.427 e. The summed E-state index contributed by atoms with van der Waals surface area (Å²) in [5.41, 5.74) is 2.51. The second kappa shape index (κ2) is 11.0. The Kier molecular flexibility index (Phi) is 7.99. The van der Waals surface area contributed by atoms with E-state index in [9.17, 15) is 19.1 Å². The molecule has 0 aliphatic rings. The van der Waals surface area contributed by atoms with Crippen molar-refractivity contribution >= 4 is 30.8 Å². The van der Waals surface area contributed by atoms with E-state index in [1.807, 2.05) is 12.1 Å². The maximum Gasteiger partial charge on any atom is 0.335 e. The first kappa shape index (κ1) is 26.8. The van der Waals surface area contributed by atoms with Gasteiger partial charge in [-0.2, -0.15) is 4.98 Å². The average Bonchev–Trinajstić information content (AvgIpc) is 3.55. The van der Waals surface area contributed by atoms with Crippen molar-refractivity contribution in [2.75, 3.05) is 5.32 Å². The second-order valence-corrected chi connectivity index (χ2v) is 11.0. The molecule has 0 fully saturated rings. The molecule has 2 heterocycles. The molecule has 1 amide bonds. The number of halogens is 1. The van der Waals surface area contributed by atoms with Gasteiger partial charge in [0.2, 0.25) is 5.91 Å². The second-order valence-electron chi connectivity index (χ2n) is 8.65. The van der Waals surface area contributed by atoms with Crippen LogP contribution in [-0.4, -0.2) is 30.2 Å². The van der Waals surface area contributed by atoms with Crippen LogP contribution in [0.3, 0.4) is 0 Å². The third-order valence-corrected chi connectivity index (χ3v) is 8.80. The molecule has 0 spiro atoms. The van der Waals surface area contributed by atoms with Gasteiger partial charge in [0.1, 0.15) is 17.8 Å². The van der Waals surface area contributed by atoms with Crippen LogP contribution in [0.25, 0.3) is 17.3 Å². The minimum atomic E-state index is -4.38. The lowest BCUT2D eigenvalue weighted by atomic mass is 9.92. The summed E-state index contributed by atoms with van der Waals surface area (Å²) in [6.07, 6.45) is 5.95. The molecule has 0 unspecified atom stereocenters. The van der Waals surface area contributed by atoms with Gasteiger partial charge in [0.05, 0.1) is 5.16 Å². The Morgan fingerprint density at radius 1 is 1.11 bits per heavy atom. The van der Waals surface area contributed by atoms with E-state index in [0.717, 1.165) is 5.56 Å². The first-order chi connectivity index (χ1) is 17.7. The van der Waals surface area contributed by atoms with E-state index in [1.54, 1.807) is 73.5 Å². The summed E-state index contributed by atoms with van der Waals surface area (Å²) >= 11 is 6.03. The van der Waals surface area contributed by atoms with Crippen LogP contribution >= 0.6 is 19.2 Å². The molecule has 3 N–H and O–H groups in total. The molecule has 0 bridgehead atoms. The molecule has 0 radical (unpaired) electrons. The van der Waals surface area contributed by atoms with Crippen LogP contribution in [0.15, 0.2) is 71.7 Å². The highest BCUT2D eigenvalue weighted by atomic mass is 35.5. The summed E-state index contributed by atoms with van der Waals surface area (Å²) < 4.78 is 19.8. The van der Waals surface area contributed by atoms with Crippen LogP contribution in [0.2, 0.25) is 5.02 Å². The lowest BCUT2D eigenvalue weighted by Crippen LogP contribution is -2.24. The zero-order valence-electron chi connectivity index (χ0n) is 20.5. The number of aryl methyl sites for hydroxylation is 1. The summed E-state index contributed by atoms with van der Waals surface area (Å²) in [6.45, 7) is 3.52. The van der Waals surface area contributed by atoms with Crippen molar-refractivity contribution in [2.45, 2.75) is 44.7 Å². The summed E-state index contributed by atoms with van der Waals surface area (Å²) in [5.74, 6) is 0.316. The molecule has 11 heteroatoms. The normalized spacial score (nSPS) is 12.0. The predicted molar refractivity (Wildman–Crippen MR) is 142 cm³/mol. The standard InChI is InChI=1S/C26H28ClN4O5P/c1-3-26(4-2,37(33,34)35)19-7-11-21(12-8-19)29-23(32)14-13-22-24(18-5-9-20(27)10-6-18)30-25(36-22)31-16-15-28-17-31/h5-12,15-17H,3-4,13-14H2,1-2H3,(H,29,32)(H2,33,34,35). The van der Waals surface area contributed by atoms with Crippen molar-refractivity contribution in [3.8, 4) is 17.3 Å². The number of carbonyl (C=O) groups is 1. The van der Waals surface area contributed by atoms with Crippen molar-refractivity contribution < 1.29 is 23.6 Å². The molecule has 4 aromatic rings. The number of benzene rings is 2. The van der Waals surface area contributed by atoms with Crippen LogP contribution < -0.4 is 5.32 Å². The zero-order valence-corrected chi connectivity index (χ0v) is 22.1. The SMILES string of the molecule is CCC(CC)(c1ccc(NC(=O)CCc2oc(-n3ccnc3)nc2-c2ccc(Cl)cc2)cc1)P(=O)(O)O. The number of hydrogen-bond donors (Lipinski definition) is 3. The van der Waals surface area contributed by atoms with Crippen LogP contribution in [-0.2, 0) is 20.9 Å². The molecule has 2 aromatic heterocycles. The molecule has 0 aliphatic heterocycles. The van der Waals surface area contributed by atoms with Gasteiger partial charge in [-0.1, -0.05) is 49.7 Å². The molecule has 0 aliphatic carbocycles. The van der Waals surface area contributed by atoms with Crippen molar-refractivity contribution in [1.82, 2.24) is 14.5 Å². The smallest absolute Gasteiger partial charge is 0.335 e. The minimum Gasteiger partial charge on any atom is -0.427 e. The van der Waals surface area contributed by atoms with Gasteiger partial charge < -0.3 is 19.5 Å². The van der Waals surface area contributed by atoms with Gasteiger partial charge in [-0.25, -0.2) is 4.98 Å². The lowest BCUT2D eigenvalue weighted by molar-refractivity contribution is -0.116. The Morgan fingerprint density at radius 2 is 1.78 bits per heavy atom. The fourth-order valence-corrected chi connectivity index (χ4v) is 5.81. The van der Waals surface area contributed by atoms with Gasteiger partial charge in [0.15, 0.2) is 0 Å². The molecule has 2 aromatic carbocycles. The number of amides is 1. The van der Waals surface area contributed by atoms with Crippen LogP contribution in [0, 0.1) is 0 Å². The maximum atomic E-state index is 12.7. The Morgan fingerprint density at radius 3 is 2.35 bits per heavy atom. The maximum absolute atomic E-state index is 12.7. The number of aromatic nitrogens is 3. The van der Waals surface area contributed by atoms with Gasteiger partial charge in [0, 0.05) is 41.5 Å². The number of anilines is 1. The highest BCUT2D eigenvalue weighted by Gasteiger charge is 2.45. The quantitative estimate of drug-likeness (QED) is 0.211. The number of oxazole rings is 1. The highest BCUT2D eigenvalue weighted by molar-refractivity contribution is 7.53. The van der Waals surface area contributed by atoms with E-state index in [0.29, 0.717) is 53.0 Å². The molecule has 0 atom stereocenters. The number of hydrogen-bond acceptors (Lipinski definition) is 5. The van der Waals surface area contributed by atoms with Gasteiger partial charge in [-0.3, -0.25) is 13.9 Å². The summed E-state index contributed by atoms with van der Waals surface area (Å²) in [4.78, 5) is 41.3. The van der Waals surface area contributed by atoms with Gasteiger partial charge in [-0.15, -0.1) is 0 Å². The molecule has 194 valence electrons. The van der Waals surface area contributed by atoms with E-state index in [-0.39, 0.29) is 12.3 Å². The first-order valence-electron chi connectivity index (χ1n) is 11.9. The third-order valence-electron chi connectivity index (χ3n) is 6.54. The number of imidazole rings is 1. The van der Waals surface area contributed by atoms with Crippen molar-refractivity contribution in [1.29, 1.82) is 0 Å². The van der Waals surface area contributed by atoms with Gasteiger partial charge in [0.25, 0.3) is 0 Å². The van der Waals surface area contributed by atoms with Crippen LogP contribution in [0.1, 0.15) is 44.4 Å². The predicted octanol–water partition coefficient (Wildman–Crippen LogP) is 5.95. The van der Waals surface area contributed by atoms with Crippen LogP contribution in [0.4, 0.5) is 5.69 Å². The average molecular weight is 543 g/mol. The lowest BCUT2D eigenvalue weighted by Gasteiger charge is -2.33. The highest BCUT2D eigenvalue weighted by Crippen LogP contribution is 2.60. The van der Waals surface area contributed by atoms with E-state index in [4.69, 9.17) is 16.0 Å². The third kappa shape index (κ3) is 5.70. The summed E-state index contributed by atoms with van der Waals surface area (Å²) in [5, 5.41) is 2.20. The number of nitrogens with one attached hydrogen (secondary N) is 1. The number of carbonyl (C=O) groups excluding carboxylic acids is 1. The Labute approximate surface area is 219 Å². The van der Waals surface area contributed by atoms with Crippen molar-refractivity contribution in [3.05, 3.63) is 83.6 Å².